The molecule has 1 saturated heterocycles. The number of halogens is 1. The van der Waals surface area contributed by atoms with Crippen molar-refractivity contribution in [3.63, 3.8) is 0 Å². The first-order valence-corrected chi connectivity index (χ1v) is 4.24. The van der Waals surface area contributed by atoms with Crippen molar-refractivity contribution in [2.24, 2.45) is 17.6 Å². The SMILES string of the molecule is CCC1CNCC(C(N)=O)C1.Cl. The molecule has 3 N–H and O–H groups in total. The Balaban J connectivity index is 0.00000121. The minimum absolute atomic E-state index is 0. The highest BCUT2D eigenvalue weighted by atomic mass is 35.5. The molecule has 1 rings (SSSR count). The van der Waals surface area contributed by atoms with E-state index in [1.807, 2.05) is 0 Å². The van der Waals surface area contributed by atoms with Crippen molar-refractivity contribution >= 4 is 18.3 Å². The third kappa shape index (κ3) is 2.99. The summed E-state index contributed by atoms with van der Waals surface area (Å²) < 4.78 is 0. The summed E-state index contributed by atoms with van der Waals surface area (Å²) in [5.41, 5.74) is 5.21. The highest BCUT2D eigenvalue weighted by Gasteiger charge is 2.23. The summed E-state index contributed by atoms with van der Waals surface area (Å²) in [6.07, 6.45) is 2.11. The summed E-state index contributed by atoms with van der Waals surface area (Å²) in [6, 6.07) is 0. The number of nitrogens with two attached hydrogens (primary N) is 1. The van der Waals surface area contributed by atoms with Crippen LogP contribution in [0.25, 0.3) is 0 Å². The van der Waals surface area contributed by atoms with E-state index in [0.29, 0.717) is 5.92 Å². The average Bonchev–Trinajstić information content (AvgIpc) is 2.05. The third-order valence-electron chi connectivity index (χ3n) is 2.42. The van der Waals surface area contributed by atoms with Crippen LogP contribution in [0.3, 0.4) is 0 Å². The van der Waals surface area contributed by atoms with Crippen LogP contribution in [0.5, 0.6) is 0 Å². The Kier molecular flexibility index (Phi) is 5.25. The van der Waals surface area contributed by atoms with E-state index in [1.54, 1.807) is 0 Å². The molecule has 1 fully saturated rings. The molecule has 0 saturated carbocycles. The quantitative estimate of drug-likeness (QED) is 0.671. The Morgan fingerprint density at radius 3 is 2.75 bits per heavy atom. The van der Waals surface area contributed by atoms with Crippen molar-refractivity contribution in [3.05, 3.63) is 0 Å². The van der Waals surface area contributed by atoms with Gasteiger partial charge in [-0.2, -0.15) is 0 Å². The zero-order valence-corrected chi connectivity index (χ0v) is 8.19. The number of carbonyl (C=O) groups is 1. The summed E-state index contributed by atoms with van der Waals surface area (Å²) in [5.74, 6) is 0.547. The first-order valence-electron chi connectivity index (χ1n) is 4.24. The van der Waals surface area contributed by atoms with Crippen LogP contribution in [0.15, 0.2) is 0 Å². The molecule has 0 aromatic heterocycles. The van der Waals surface area contributed by atoms with Crippen LogP contribution in [0.1, 0.15) is 19.8 Å². The van der Waals surface area contributed by atoms with Crippen molar-refractivity contribution in [2.45, 2.75) is 19.8 Å². The van der Waals surface area contributed by atoms with E-state index >= 15 is 0 Å². The predicted molar refractivity (Wildman–Crippen MR) is 51.2 cm³/mol. The van der Waals surface area contributed by atoms with E-state index in [4.69, 9.17) is 5.73 Å². The normalized spacial score (nSPS) is 29.1. The lowest BCUT2D eigenvalue weighted by molar-refractivity contribution is -0.122. The fraction of sp³-hybridized carbons (Fsp3) is 0.875. The number of hydrogen-bond donors (Lipinski definition) is 2. The maximum absolute atomic E-state index is 10.8. The summed E-state index contributed by atoms with van der Waals surface area (Å²) in [4.78, 5) is 10.8. The molecule has 1 aliphatic heterocycles. The molecule has 4 heteroatoms. The van der Waals surface area contributed by atoms with Crippen LogP contribution in [0.4, 0.5) is 0 Å². The molecule has 1 heterocycles. The maximum atomic E-state index is 10.8. The molecular formula is C8H17ClN2O. The molecule has 1 aliphatic rings. The third-order valence-corrected chi connectivity index (χ3v) is 2.42. The van der Waals surface area contributed by atoms with Crippen LogP contribution < -0.4 is 11.1 Å². The molecule has 12 heavy (non-hydrogen) atoms. The Hall–Kier alpha value is -0.280. The number of hydrogen-bond acceptors (Lipinski definition) is 2. The van der Waals surface area contributed by atoms with Crippen molar-refractivity contribution in [1.29, 1.82) is 0 Å². The van der Waals surface area contributed by atoms with Gasteiger partial charge in [0.15, 0.2) is 0 Å². The number of amides is 1. The lowest BCUT2D eigenvalue weighted by Crippen LogP contribution is -2.41. The molecule has 3 nitrogen and oxygen atoms in total. The lowest BCUT2D eigenvalue weighted by atomic mass is 9.88. The van der Waals surface area contributed by atoms with E-state index in [-0.39, 0.29) is 24.2 Å². The van der Waals surface area contributed by atoms with Gasteiger partial charge in [-0.25, -0.2) is 0 Å². The van der Waals surface area contributed by atoms with Crippen molar-refractivity contribution < 1.29 is 4.79 Å². The van der Waals surface area contributed by atoms with Gasteiger partial charge in [-0.05, 0) is 18.9 Å². The van der Waals surface area contributed by atoms with E-state index in [0.717, 1.165) is 25.9 Å². The van der Waals surface area contributed by atoms with Gasteiger partial charge in [0, 0.05) is 6.54 Å². The predicted octanol–water partition coefficient (Wildman–Crippen LogP) is 0.529. The van der Waals surface area contributed by atoms with Gasteiger partial charge in [0.05, 0.1) is 5.92 Å². The number of nitrogens with one attached hydrogen (secondary N) is 1. The van der Waals surface area contributed by atoms with E-state index in [1.165, 1.54) is 0 Å². The van der Waals surface area contributed by atoms with Crippen LogP contribution in [0, 0.1) is 11.8 Å². The number of piperidine rings is 1. The second-order valence-corrected chi connectivity index (χ2v) is 3.27. The van der Waals surface area contributed by atoms with Crippen molar-refractivity contribution in [1.82, 2.24) is 5.32 Å². The van der Waals surface area contributed by atoms with Crippen LogP contribution in [-0.2, 0) is 4.79 Å². The van der Waals surface area contributed by atoms with Gasteiger partial charge in [-0.3, -0.25) is 4.79 Å². The fourth-order valence-electron chi connectivity index (χ4n) is 1.56. The first-order chi connectivity index (χ1) is 5.24. The monoisotopic (exact) mass is 192 g/mol. The summed E-state index contributed by atoms with van der Waals surface area (Å²) in [5, 5.41) is 3.22. The zero-order valence-electron chi connectivity index (χ0n) is 7.38. The second-order valence-electron chi connectivity index (χ2n) is 3.27. The van der Waals surface area contributed by atoms with E-state index < -0.39 is 0 Å². The van der Waals surface area contributed by atoms with Crippen molar-refractivity contribution in [2.75, 3.05) is 13.1 Å². The molecule has 2 unspecified atom stereocenters. The van der Waals surface area contributed by atoms with E-state index in [2.05, 4.69) is 12.2 Å². The molecule has 0 aromatic rings. The molecule has 1 amide bonds. The number of rotatable bonds is 2. The van der Waals surface area contributed by atoms with E-state index in [9.17, 15) is 4.79 Å². The molecule has 2 atom stereocenters. The summed E-state index contributed by atoms with van der Waals surface area (Å²) >= 11 is 0. The minimum Gasteiger partial charge on any atom is -0.369 e. The minimum atomic E-state index is -0.157. The number of carbonyl (C=O) groups excluding carboxylic acids is 1. The molecule has 0 radical (unpaired) electrons. The maximum Gasteiger partial charge on any atom is 0.221 e. The molecular weight excluding hydrogens is 176 g/mol. The summed E-state index contributed by atoms with van der Waals surface area (Å²) in [7, 11) is 0. The Bertz CT molecular complexity index is 152. The lowest BCUT2D eigenvalue weighted by Gasteiger charge is -2.27. The Morgan fingerprint density at radius 2 is 2.25 bits per heavy atom. The molecule has 0 aliphatic carbocycles. The smallest absolute Gasteiger partial charge is 0.221 e. The standard InChI is InChI=1S/C8H16N2O.ClH/c1-2-6-3-7(8(9)11)5-10-4-6;/h6-7,10H,2-5H2,1H3,(H2,9,11);1H. The molecule has 0 aromatic carbocycles. The Labute approximate surface area is 79.5 Å². The average molecular weight is 193 g/mol. The Morgan fingerprint density at radius 1 is 1.58 bits per heavy atom. The fourth-order valence-corrected chi connectivity index (χ4v) is 1.56. The van der Waals surface area contributed by atoms with Crippen LogP contribution in [-0.4, -0.2) is 19.0 Å². The topological polar surface area (TPSA) is 55.1 Å². The van der Waals surface area contributed by atoms with Crippen LogP contribution in [0.2, 0.25) is 0 Å². The summed E-state index contributed by atoms with van der Waals surface area (Å²) in [6.45, 7) is 3.96. The molecule has 0 spiro atoms. The highest BCUT2D eigenvalue weighted by Crippen LogP contribution is 2.18. The number of primary amides is 1. The van der Waals surface area contributed by atoms with Gasteiger partial charge >= 0.3 is 0 Å². The largest absolute Gasteiger partial charge is 0.369 e. The first kappa shape index (κ1) is 11.7. The zero-order chi connectivity index (χ0) is 8.27. The van der Waals surface area contributed by atoms with Crippen molar-refractivity contribution in [3.8, 4) is 0 Å². The molecule has 0 bridgehead atoms. The van der Waals surface area contributed by atoms with Gasteiger partial charge in [0.2, 0.25) is 5.91 Å². The molecule has 72 valence electrons. The van der Waals surface area contributed by atoms with Gasteiger partial charge in [-0.1, -0.05) is 13.3 Å². The van der Waals surface area contributed by atoms with Gasteiger partial charge in [-0.15, -0.1) is 12.4 Å². The van der Waals surface area contributed by atoms with Gasteiger partial charge < -0.3 is 11.1 Å². The highest BCUT2D eigenvalue weighted by molar-refractivity contribution is 5.85. The van der Waals surface area contributed by atoms with Gasteiger partial charge in [0.25, 0.3) is 0 Å². The second kappa shape index (κ2) is 5.38. The van der Waals surface area contributed by atoms with Gasteiger partial charge in [0.1, 0.15) is 0 Å². The van der Waals surface area contributed by atoms with Crippen LogP contribution >= 0.6 is 12.4 Å².